The number of aliphatic hydroxyl groups is 1. The molecule has 1 fully saturated rings. The van der Waals surface area contributed by atoms with Crippen molar-refractivity contribution in [1.29, 1.82) is 0 Å². The van der Waals surface area contributed by atoms with Crippen molar-refractivity contribution in [2.24, 2.45) is 5.92 Å². The first kappa shape index (κ1) is 10.9. The predicted octanol–water partition coefficient (Wildman–Crippen LogP) is 2.97. The molecule has 0 aliphatic heterocycles. The van der Waals surface area contributed by atoms with Crippen LogP contribution in [0.3, 0.4) is 0 Å². The molecular formula is C10H18F2O. The average Bonchev–Trinajstić information content (AvgIpc) is 2.29. The highest BCUT2D eigenvalue weighted by Gasteiger charge is 2.41. The summed E-state index contributed by atoms with van der Waals surface area (Å²) in [6.07, 6.45) is 1.66. The lowest BCUT2D eigenvalue weighted by atomic mass is 9.89. The second-order valence-corrected chi connectivity index (χ2v) is 4.52. The summed E-state index contributed by atoms with van der Waals surface area (Å²) in [5, 5.41) is 9.71. The summed E-state index contributed by atoms with van der Waals surface area (Å²) in [7, 11) is 0. The molecular weight excluding hydrogens is 174 g/mol. The molecule has 0 heterocycles. The van der Waals surface area contributed by atoms with Crippen molar-refractivity contribution in [3.8, 4) is 0 Å². The molecule has 1 saturated carbocycles. The smallest absolute Gasteiger partial charge is 0.248 e. The van der Waals surface area contributed by atoms with Crippen molar-refractivity contribution >= 4 is 0 Å². The van der Waals surface area contributed by atoms with Gasteiger partial charge in [-0.25, -0.2) is 8.78 Å². The van der Waals surface area contributed by atoms with Crippen LogP contribution in [0.4, 0.5) is 8.78 Å². The highest BCUT2D eigenvalue weighted by Crippen LogP contribution is 2.42. The van der Waals surface area contributed by atoms with Gasteiger partial charge in [0.05, 0.1) is 5.60 Å². The molecule has 1 nitrogen and oxygen atoms in total. The zero-order chi connectivity index (χ0) is 10.1. The molecule has 3 heteroatoms. The predicted molar refractivity (Wildman–Crippen MR) is 47.8 cm³/mol. The Morgan fingerprint density at radius 3 is 2.54 bits per heavy atom. The zero-order valence-corrected chi connectivity index (χ0v) is 8.32. The van der Waals surface area contributed by atoms with E-state index >= 15 is 0 Å². The minimum absolute atomic E-state index is 0.00252. The minimum atomic E-state index is -2.48. The summed E-state index contributed by atoms with van der Waals surface area (Å²) in [6.45, 7) is 3.61. The molecule has 0 aromatic carbocycles. The molecule has 78 valence electrons. The second kappa shape index (κ2) is 3.52. The third kappa shape index (κ3) is 3.22. The van der Waals surface area contributed by atoms with Crippen LogP contribution in [-0.2, 0) is 0 Å². The Morgan fingerprint density at radius 1 is 1.54 bits per heavy atom. The van der Waals surface area contributed by atoms with E-state index in [9.17, 15) is 13.9 Å². The lowest BCUT2D eigenvalue weighted by Crippen LogP contribution is -2.26. The minimum Gasteiger partial charge on any atom is -0.390 e. The number of hydrogen-bond donors (Lipinski definition) is 1. The van der Waals surface area contributed by atoms with E-state index in [-0.39, 0.29) is 18.8 Å². The number of alkyl halides is 2. The molecule has 1 aliphatic carbocycles. The normalized spacial score (nSPS) is 31.6. The Morgan fingerprint density at radius 2 is 2.15 bits per heavy atom. The van der Waals surface area contributed by atoms with E-state index in [4.69, 9.17) is 0 Å². The fourth-order valence-corrected chi connectivity index (χ4v) is 1.98. The molecule has 0 saturated heterocycles. The number of rotatable bonds is 3. The second-order valence-electron chi connectivity index (χ2n) is 4.52. The molecule has 0 aromatic heterocycles. The monoisotopic (exact) mass is 192 g/mol. The fraction of sp³-hybridized carbons (Fsp3) is 1.00. The first-order chi connectivity index (χ1) is 5.85. The Labute approximate surface area is 78.1 Å². The largest absolute Gasteiger partial charge is 0.390 e. The summed E-state index contributed by atoms with van der Waals surface area (Å²) >= 11 is 0. The first-order valence-corrected chi connectivity index (χ1v) is 4.95. The van der Waals surface area contributed by atoms with E-state index in [2.05, 4.69) is 0 Å². The Kier molecular flexibility index (Phi) is 2.95. The van der Waals surface area contributed by atoms with Gasteiger partial charge in [-0.2, -0.15) is 0 Å². The lowest BCUT2D eigenvalue weighted by molar-refractivity contribution is -0.00619. The fourth-order valence-electron chi connectivity index (χ4n) is 1.98. The maximum atomic E-state index is 12.8. The van der Waals surface area contributed by atoms with Gasteiger partial charge in [0.1, 0.15) is 0 Å². The van der Waals surface area contributed by atoms with Gasteiger partial charge in [-0.15, -0.1) is 0 Å². The summed E-state index contributed by atoms with van der Waals surface area (Å²) in [5.74, 6) is -2.47. The van der Waals surface area contributed by atoms with Gasteiger partial charge in [0.25, 0.3) is 0 Å². The summed E-state index contributed by atoms with van der Waals surface area (Å²) in [4.78, 5) is 0. The van der Waals surface area contributed by atoms with Crippen LogP contribution >= 0.6 is 0 Å². The van der Waals surface area contributed by atoms with E-state index in [0.717, 1.165) is 0 Å². The third-order valence-corrected chi connectivity index (χ3v) is 3.00. The maximum Gasteiger partial charge on any atom is 0.248 e. The Balaban J connectivity index is 2.40. The van der Waals surface area contributed by atoms with Crippen molar-refractivity contribution in [3.05, 3.63) is 0 Å². The molecule has 2 unspecified atom stereocenters. The topological polar surface area (TPSA) is 20.2 Å². The van der Waals surface area contributed by atoms with Crippen LogP contribution in [-0.4, -0.2) is 16.6 Å². The van der Waals surface area contributed by atoms with E-state index in [1.165, 1.54) is 0 Å². The number of hydrogen-bond acceptors (Lipinski definition) is 1. The molecule has 13 heavy (non-hydrogen) atoms. The van der Waals surface area contributed by atoms with Gasteiger partial charge >= 0.3 is 0 Å². The van der Waals surface area contributed by atoms with Crippen LogP contribution in [0.5, 0.6) is 0 Å². The van der Waals surface area contributed by atoms with Crippen LogP contribution in [0.1, 0.15) is 46.0 Å². The highest BCUT2D eigenvalue weighted by atomic mass is 19.3. The Hall–Kier alpha value is -0.180. The molecule has 1 aliphatic rings. The van der Waals surface area contributed by atoms with Crippen LogP contribution < -0.4 is 0 Å². The van der Waals surface area contributed by atoms with Crippen LogP contribution in [0.15, 0.2) is 0 Å². The molecule has 0 bridgehead atoms. The van der Waals surface area contributed by atoms with Gasteiger partial charge in [0.15, 0.2) is 0 Å². The third-order valence-electron chi connectivity index (χ3n) is 3.00. The lowest BCUT2D eigenvalue weighted by Gasteiger charge is -2.24. The van der Waals surface area contributed by atoms with Crippen molar-refractivity contribution < 1.29 is 13.9 Å². The van der Waals surface area contributed by atoms with Gasteiger partial charge in [-0.1, -0.05) is 6.92 Å². The summed E-state index contributed by atoms with van der Waals surface area (Å²) < 4.78 is 25.6. The van der Waals surface area contributed by atoms with Gasteiger partial charge in [-0.05, 0) is 32.1 Å². The van der Waals surface area contributed by atoms with E-state index in [0.29, 0.717) is 19.3 Å². The average molecular weight is 192 g/mol. The Bertz CT molecular complexity index is 178. The SMILES string of the molecule is CCC(C)(O)CC1CCC(F)(F)C1. The molecule has 0 aromatic rings. The highest BCUT2D eigenvalue weighted by molar-refractivity contribution is 4.85. The van der Waals surface area contributed by atoms with Crippen LogP contribution in [0.2, 0.25) is 0 Å². The van der Waals surface area contributed by atoms with Crippen LogP contribution in [0.25, 0.3) is 0 Å². The molecule has 1 rings (SSSR count). The van der Waals surface area contributed by atoms with Crippen molar-refractivity contribution in [1.82, 2.24) is 0 Å². The molecule has 1 N–H and O–H groups in total. The molecule has 0 amide bonds. The first-order valence-electron chi connectivity index (χ1n) is 4.95. The summed E-state index contributed by atoms with van der Waals surface area (Å²) in [5.41, 5.74) is -0.759. The van der Waals surface area contributed by atoms with Gasteiger partial charge in [0.2, 0.25) is 5.92 Å². The van der Waals surface area contributed by atoms with Crippen molar-refractivity contribution in [3.63, 3.8) is 0 Å². The van der Waals surface area contributed by atoms with Crippen molar-refractivity contribution in [2.45, 2.75) is 57.5 Å². The van der Waals surface area contributed by atoms with E-state index in [1.807, 2.05) is 6.92 Å². The van der Waals surface area contributed by atoms with Gasteiger partial charge < -0.3 is 5.11 Å². The number of halogens is 2. The van der Waals surface area contributed by atoms with Crippen LogP contribution in [0, 0.1) is 5.92 Å². The van der Waals surface area contributed by atoms with E-state index < -0.39 is 11.5 Å². The molecule has 2 atom stereocenters. The maximum absolute atomic E-state index is 12.8. The summed E-state index contributed by atoms with van der Waals surface area (Å²) in [6, 6.07) is 0. The molecule has 0 spiro atoms. The van der Waals surface area contributed by atoms with E-state index in [1.54, 1.807) is 6.92 Å². The standard InChI is InChI=1S/C10H18F2O/c1-3-9(2,13)6-8-4-5-10(11,12)7-8/h8,13H,3-7H2,1-2H3. The van der Waals surface area contributed by atoms with Gasteiger partial charge in [0, 0.05) is 12.8 Å². The van der Waals surface area contributed by atoms with Gasteiger partial charge in [-0.3, -0.25) is 0 Å². The molecule has 0 radical (unpaired) electrons. The quantitative estimate of drug-likeness (QED) is 0.728. The zero-order valence-electron chi connectivity index (χ0n) is 8.32. The van der Waals surface area contributed by atoms with Crippen molar-refractivity contribution in [2.75, 3.05) is 0 Å².